The molecule has 186 valence electrons. The summed E-state index contributed by atoms with van der Waals surface area (Å²) in [5, 5.41) is 8.39. The molecule has 12 nitrogen and oxygen atoms in total. The summed E-state index contributed by atoms with van der Waals surface area (Å²) in [5.74, 6) is -3.52. The number of aliphatic carboxylic acids is 1. The van der Waals surface area contributed by atoms with Crippen molar-refractivity contribution in [2.45, 2.75) is 26.2 Å². The fourth-order valence-corrected chi connectivity index (χ4v) is 1.98. The van der Waals surface area contributed by atoms with Crippen molar-refractivity contribution in [1.29, 1.82) is 0 Å². The van der Waals surface area contributed by atoms with E-state index in [1.807, 2.05) is 0 Å². The van der Waals surface area contributed by atoms with Crippen LogP contribution in [0.25, 0.3) is 0 Å². The summed E-state index contributed by atoms with van der Waals surface area (Å²) in [6, 6.07) is 0. The summed E-state index contributed by atoms with van der Waals surface area (Å²) in [5.41, 5.74) is 0. The zero-order valence-corrected chi connectivity index (χ0v) is 18.5. The highest BCUT2D eigenvalue weighted by Gasteiger charge is 2.14. The Balaban J connectivity index is 3.21. The van der Waals surface area contributed by atoms with E-state index < -0.39 is 17.7 Å². The third kappa shape index (κ3) is 21.1. The van der Waals surface area contributed by atoms with Crippen LogP contribution in [0.1, 0.15) is 26.2 Å². The highest BCUT2D eigenvalue weighted by atomic mass is 16.6. The summed E-state index contributed by atoms with van der Waals surface area (Å²) < 4.78 is 36.0. The number of carboxylic acids is 1. The molecule has 1 N–H and O–H groups in total. The number of ketones is 1. The van der Waals surface area contributed by atoms with Gasteiger partial charge in [0, 0.05) is 6.42 Å². The zero-order valence-electron chi connectivity index (χ0n) is 18.5. The fourth-order valence-electron chi connectivity index (χ4n) is 1.98. The molecule has 12 heteroatoms. The molecular formula is C20H34O12. The van der Waals surface area contributed by atoms with E-state index >= 15 is 0 Å². The van der Waals surface area contributed by atoms with E-state index in [0.717, 1.165) is 0 Å². The van der Waals surface area contributed by atoms with Crippen LogP contribution in [-0.2, 0) is 52.3 Å². The summed E-state index contributed by atoms with van der Waals surface area (Å²) in [4.78, 5) is 43.5. The number of hydrogen-bond acceptors (Lipinski definition) is 11. The largest absolute Gasteiger partial charge is 0.476 e. The highest BCUT2D eigenvalue weighted by molar-refractivity contribution is 6.32. The van der Waals surface area contributed by atoms with Gasteiger partial charge in [-0.25, -0.2) is 4.79 Å². The second-order valence-electron chi connectivity index (χ2n) is 6.07. The van der Waals surface area contributed by atoms with Crippen LogP contribution in [0.2, 0.25) is 0 Å². The molecule has 0 heterocycles. The average Bonchev–Trinajstić information content (AvgIpc) is 2.76. The molecule has 0 aromatic heterocycles. The maximum Gasteiger partial charge on any atom is 0.372 e. The second-order valence-corrected chi connectivity index (χ2v) is 6.07. The number of esters is 2. The van der Waals surface area contributed by atoms with Gasteiger partial charge in [0.1, 0.15) is 6.61 Å². The summed E-state index contributed by atoms with van der Waals surface area (Å²) in [6.07, 6.45) is -0.428. The van der Waals surface area contributed by atoms with Gasteiger partial charge in [-0.15, -0.1) is 0 Å². The Morgan fingerprint density at radius 2 is 0.938 bits per heavy atom. The number of rotatable bonds is 23. The molecule has 0 fully saturated rings. The lowest BCUT2D eigenvalue weighted by molar-refractivity contribution is -0.151. The molecule has 0 rings (SSSR count). The van der Waals surface area contributed by atoms with Crippen molar-refractivity contribution in [3.63, 3.8) is 0 Å². The van der Waals surface area contributed by atoms with Gasteiger partial charge in [0.15, 0.2) is 0 Å². The molecule has 0 bridgehead atoms. The van der Waals surface area contributed by atoms with Gasteiger partial charge in [0.25, 0.3) is 0 Å². The number of carboxylic acid groups (broad SMARTS) is 1. The third-order valence-corrected chi connectivity index (χ3v) is 3.53. The zero-order chi connectivity index (χ0) is 23.9. The van der Waals surface area contributed by atoms with Crippen LogP contribution in [0.15, 0.2) is 0 Å². The predicted octanol–water partition coefficient (Wildman–Crippen LogP) is -0.000300. The van der Waals surface area contributed by atoms with Gasteiger partial charge >= 0.3 is 17.9 Å². The summed E-state index contributed by atoms with van der Waals surface area (Å²) >= 11 is 0. The second kappa shape index (κ2) is 22.1. The van der Waals surface area contributed by atoms with E-state index in [1.54, 1.807) is 6.92 Å². The van der Waals surface area contributed by atoms with Gasteiger partial charge in [-0.2, -0.15) is 0 Å². The quantitative estimate of drug-likeness (QED) is 0.122. The lowest BCUT2D eigenvalue weighted by atomic mass is 10.2. The van der Waals surface area contributed by atoms with E-state index in [0.29, 0.717) is 66.1 Å². The SMILES string of the molecule is CCOC(=O)CCOCCOCCOCCOCCOCCOC(=O)CCC(=O)C(=O)O. The van der Waals surface area contributed by atoms with Crippen LogP contribution >= 0.6 is 0 Å². The van der Waals surface area contributed by atoms with Crippen molar-refractivity contribution in [2.24, 2.45) is 0 Å². The van der Waals surface area contributed by atoms with Crippen molar-refractivity contribution in [3.8, 4) is 0 Å². The first-order valence-electron chi connectivity index (χ1n) is 10.4. The smallest absolute Gasteiger partial charge is 0.372 e. The van der Waals surface area contributed by atoms with Crippen molar-refractivity contribution >= 4 is 23.7 Å². The molecule has 32 heavy (non-hydrogen) atoms. The van der Waals surface area contributed by atoms with Crippen LogP contribution in [0.4, 0.5) is 0 Å². The number of carbonyl (C=O) groups excluding carboxylic acids is 3. The van der Waals surface area contributed by atoms with Gasteiger partial charge in [-0.05, 0) is 6.92 Å². The third-order valence-electron chi connectivity index (χ3n) is 3.53. The Labute approximate surface area is 187 Å². The van der Waals surface area contributed by atoms with Crippen molar-refractivity contribution < 1.29 is 57.4 Å². The number of carbonyl (C=O) groups is 4. The van der Waals surface area contributed by atoms with Gasteiger partial charge in [-0.1, -0.05) is 0 Å². The Morgan fingerprint density at radius 3 is 1.38 bits per heavy atom. The Kier molecular flexibility index (Phi) is 20.6. The van der Waals surface area contributed by atoms with Crippen molar-refractivity contribution in [3.05, 3.63) is 0 Å². The van der Waals surface area contributed by atoms with Gasteiger partial charge in [-0.3, -0.25) is 14.4 Å². The molecule has 0 aliphatic rings. The lowest BCUT2D eigenvalue weighted by Gasteiger charge is -2.08. The monoisotopic (exact) mass is 466 g/mol. The van der Waals surface area contributed by atoms with Crippen molar-refractivity contribution in [2.75, 3.05) is 79.3 Å². The maximum absolute atomic E-state index is 11.3. The van der Waals surface area contributed by atoms with E-state index in [4.69, 9.17) is 38.3 Å². The standard InChI is InChI=1S/C20H34O12/c1-2-31-19(23)5-6-26-7-8-27-9-10-28-11-12-29-13-14-30-15-16-32-18(22)4-3-17(21)20(24)25/h2-16H2,1H3,(H,24,25). The van der Waals surface area contributed by atoms with Gasteiger partial charge < -0.3 is 38.3 Å². The minimum atomic E-state index is -1.56. The molecule has 0 unspecified atom stereocenters. The highest BCUT2D eigenvalue weighted by Crippen LogP contribution is 1.95. The molecule has 0 saturated heterocycles. The topological polar surface area (TPSA) is 153 Å². The van der Waals surface area contributed by atoms with Crippen LogP contribution in [0.5, 0.6) is 0 Å². The summed E-state index contributed by atoms with van der Waals surface area (Å²) in [6.45, 7) is 5.73. The first kappa shape index (κ1) is 29.9. The van der Waals surface area contributed by atoms with Gasteiger partial charge in [0.05, 0.1) is 85.5 Å². The van der Waals surface area contributed by atoms with Crippen LogP contribution < -0.4 is 0 Å². The maximum atomic E-state index is 11.3. The molecule has 0 radical (unpaired) electrons. The van der Waals surface area contributed by atoms with E-state index in [1.165, 1.54) is 0 Å². The average molecular weight is 466 g/mol. The van der Waals surface area contributed by atoms with E-state index in [-0.39, 0.29) is 38.4 Å². The lowest BCUT2D eigenvalue weighted by Crippen LogP contribution is -2.17. The van der Waals surface area contributed by atoms with E-state index in [9.17, 15) is 19.2 Å². The minimum absolute atomic E-state index is 0.0135. The van der Waals surface area contributed by atoms with E-state index in [2.05, 4.69) is 0 Å². The molecule has 0 aromatic rings. The summed E-state index contributed by atoms with van der Waals surface area (Å²) in [7, 11) is 0. The molecule has 0 saturated carbocycles. The minimum Gasteiger partial charge on any atom is -0.476 e. The normalized spacial score (nSPS) is 10.7. The first-order valence-corrected chi connectivity index (χ1v) is 10.4. The molecule has 0 aliphatic carbocycles. The Bertz CT molecular complexity index is 523. The molecule has 0 amide bonds. The Morgan fingerprint density at radius 1 is 0.531 bits per heavy atom. The van der Waals surface area contributed by atoms with Crippen molar-refractivity contribution in [1.82, 2.24) is 0 Å². The number of Topliss-reactive ketones (excluding diaryl/α,β-unsaturated/α-hetero) is 1. The molecule has 0 atom stereocenters. The number of hydrogen-bond donors (Lipinski definition) is 1. The van der Waals surface area contributed by atoms with Crippen LogP contribution in [-0.4, -0.2) is 108 Å². The fraction of sp³-hybridized carbons (Fsp3) is 0.800. The first-order chi connectivity index (χ1) is 15.5. The molecule has 0 spiro atoms. The predicted molar refractivity (Wildman–Crippen MR) is 108 cm³/mol. The van der Waals surface area contributed by atoms with Gasteiger partial charge in [0.2, 0.25) is 5.78 Å². The molecule has 0 aliphatic heterocycles. The van der Waals surface area contributed by atoms with Crippen LogP contribution in [0.3, 0.4) is 0 Å². The Hall–Kier alpha value is -2.12. The van der Waals surface area contributed by atoms with Crippen LogP contribution in [0, 0.1) is 0 Å². The molecular weight excluding hydrogens is 432 g/mol. The number of ether oxygens (including phenoxy) is 7. The molecule has 0 aromatic carbocycles.